The van der Waals surface area contributed by atoms with Crippen molar-refractivity contribution in [3.05, 3.63) is 35.9 Å². The second-order valence-electron chi connectivity index (χ2n) is 7.04. The number of alkyl carbamates (subject to hydrolysis) is 1. The first-order valence-corrected chi connectivity index (χ1v) is 8.34. The number of carbonyl (C=O) groups is 2. The first-order chi connectivity index (χ1) is 11.7. The van der Waals surface area contributed by atoms with Crippen molar-refractivity contribution in [2.75, 3.05) is 13.1 Å². The van der Waals surface area contributed by atoms with E-state index < -0.39 is 30.0 Å². The van der Waals surface area contributed by atoms with Crippen molar-refractivity contribution >= 4 is 12.2 Å². The number of ether oxygens (including phenoxy) is 2. The number of likely N-dealkylation sites (tertiary alicyclic amines) is 1. The average molecular weight is 352 g/mol. The van der Waals surface area contributed by atoms with Gasteiger partial charge < -0.3 is 19.7 Å². The molecule has 0 saturated carbocycles. The summed E-state index contributed by atoms with van der Waals surface area (Å²) < 4.78 is 24.5. The first kappa shape index (κ1) is 19.0. The molecule has 1 N–H and O–H groups in total. The fraction of sp³-hybridized carbons (Fsp3) is 0.556. The number of amides is 2. The fourth-order valence-corrected chi connectivity index (χ4v) is 2.49. The molecule has 1 aliphatic rings. The van der Waals surface area contributed by atoms with Crippen molar-refractivity contribution in [3.8, 4) is 0 Å². The molecule has 0 spiro atoms. The van der Waals surface area contributed by atoms with Gasteiger partial charge in [-0.2, -0.15) is 0 Å². The van der Waals surface area contributed by atoms with E-state index in [-0.39, 0.29) is 26.1 Å². The fourth-order valence-electron chi connectivity index (χ4n) is 2.49. The van der Waals surface area contributed by atoms with Gasteiger partial charge in [0.1, 0.15) is 18.4 Å². The summed E-state index contributed by atoms with van der Waals surface area (Å²) in [6.07, 6.45) is -2.31. The van der Waals surface area contributed by atoms with Crippen molar-refractivity contribution in [2.45, 2.75) is 51.6 Å². The summed E-state index contributed by atoms with van der Waals surface area (Å²) >= 11 is 0. The van der Waals surface area contributed by atoms with Crippen LogP contribution in [0.1, 0.15) is 32.8 Å². The Morgan fingerprint density at radius 1 is 1.28 bits per heavy atom. The third-order valence-corrected chi connectivity index (χ3v) is 3.69. The first-order valence-electron chi connectivity index (χ1n) is 8.34. The second-order valence-corrected chi connectivity index (χ2v) is 7.04. The van der Waals surface area contributed by atoms with Gasteiger partial charge in [-0.25, -0.2) is 14.0 Å². The van der Waals surface area contributed by atoms with Crippen LogP contribution in [0.3, 0.4) is 0 Å². The van der Waals surface area contributed by atoms with Crippen LogP contribution in [0.25, 0.3) is 0 Å². The number of benzene rings is 1. The lowest BCUT2D eigenvalue weighted by Gasteiger charge is -2.35. The van der Waals surface area contributed by atoms with Crippen molar-refractivity contribution < 1.29 is 23.5 Å². The third kappa shape index (κ3) is 6.25. The molecule has 7 heteroatoms. The molecule has 1 fully saturated rings. The Bertz CT molecular complexity index is 588. The summed E-state index contributed by atoms with van der Waals surface area (Å²) in [5.74, 6) is 0. The van der Waals surface area contributed by atoms with Gasteiger partial charge in [0.05, 0.1) is 6.04 Å². The van der Waals surface area contributed by atoms with E-state index in [0.717, 1.165) is 5.56 Å². The smallest absolute Gasteiger partial charge is 0.410 e. The van der Waals surface area contributed by atoms with Crippen LogP contribution in [0.4, 0.5) is 14.0 Å². The maximum atomic E-state index is 14.1. The van der Waals surface area contributed by atoms with E-state index in [1.165, 1.54) is 4.90 Å². The zero-order chi connectivity index (χ0) is 18.4. The number of alkyl halides is 1. The van der Waals surface area contributed by atoms with E-state index in [4.69, 9.17) is 9.47 Å². The molecule has 0 aliphatic carbocycles. The SMILES string of the molecule is CC(C)(C)OC(=O)N[C@@H]1CN(C(=O)OCc2ccccc2)CC[C@H]1F. The van der Waals surface area contributed by atoms with Crippen LogP contribution in [0.15, 0.2) is 30.3 Å². The van der Waals surface area contributed by atoms with E-state index in [9.17, 15) is 14.0 Å². The molecule has 1 aromatic rings. The molecule has 0 bridgehead atoms. The number of hydrogen-bond acceptors (Lipinski definition) is 4. The molecule has 25 heavy (non-hydrogen) atoms. The number of rotatable bonds is 3. The Hall–Kier alpha value is -2.31. The third-order valence-electron chi connectivity index (χ3n) is 3.69. The van der Waals surface area contributed by atoms with Gasteiger partial charge in [-0.3, -0.25) is 0 Å². The maximum Gasteiger partial charge on any atom is 0.410 e. The van der Waals surface area contributed by atoms with Crippen molar-refractivity contribution in [3.63, 3.8) is 0 Å². The topological polar surface area (TPSA) is 67.9 Å². The highest BCUT2D eigenvalue weighted by molar-refractivity contribution is 5.70. The number of nitrogens with one attached hydrogen (secondary N) is 1. The molecule has 1 saturated heterocycles. The summed E-state index contributed by atoms with van der Waals surface area (Å²) in [6, 6.07) is 8.50. The largest absolute Gasteiger partial charge is 0.445 e. The Morgan fingerprint density at radius 3 is 2.60 bits per heavy atom. The van der Waals surface area contributed by atoms with Crippen LogP contribution < -0.4 is 5.32 Å². The molecule has 2 atom stereocenters. The minimum absolute atomic E-state index is 0.0496. The molecular weight excluding hydrogens is 327 g/mol. The molecule has 2 rings (SSSR count). The minimum Gasteiger partial charge on any atom is -0.445 e. The Labute approximate surface area is 147 Å². The van der Waals surface area contributed by atoms with Gasteiger partial charge in [0.25, 0.3) is 0 Å². The van der Waals surface area contributed by atoms with Crippen molar-refractivity contribution in [2.24, 2.45) is 0 Å². The summed E-state index contributed by atoms with van der Waals surface area (Å²) in [5.41, 5.74) is 0.207. The number of nitrogens with zero attached hydrogens (tertiary/aromatic N) is 1. The van der Waals surface area contributed by atoms with Gasteiger partial charge >= 0.3 is 12.2 Å². The number of carbonyl (C=O) groups excluding carboxylic acids is 2. The van der Waals surface area contributed by atoms with E-state index in [2.05, 4.69) is 5.32 Å². The van der Waals surface area contributed by atoms with Crippen molar-refractivity contribution in [1.29, 1.82) is 0 Å². The molecule has 138 valence electrons. The number of piperidine rings is 1. The standard InChI is InChI=1S/C18H25FN2O4/c1-18(2,3)25-16(22)20-15-11-21(10-9-14(15)19)17(23)24-12-13-7-5-4-6-8-13/h4-8,14-15H,9-12H2,1-3H3,(H,20,22)/t14-,15-/m1/s1. The molecule has 0 aromatic heterocycles. The highest BCUT2D eigenvalue weighted by Crippen LogP contribution is 2.17. The molecule has 6 nitrogen and oxygen atoms in total. The van der Waals surface area contributed by atoms with E-state index in [1.807, 2.05) is 30.3 Å². The van der Waals surface area contributed by atoms with E-state index in [1.54, 1.807) is 20.8 Å². The molecule has 2 amide bonds. The van der Waals surface area contributed by atoms with Gasteiger partial charge in [-0.05, 0) is 32.8 Å². The Morgan fingerprint density at radius 2 is 1.96 bits per heavy atom. The lowest BCUT2D eigenvalue weighted by atomic mass is 10.0. The van der Waals surface area contributed by atoms with Crippen LogP contribution in [-0.2, 0) is 16.1 Å². The molecule has 1 heterocycles. The van der Waals surface area contributed by atoms with Gasteiger partial charge in [-0.1, -0.05) is 30.3 Å². The predicted molar refractivity (Wildman–Crippen MR) is 90.9 cm³/mol. The highest BCUT2D eigenvalue weighted by atomic mass is 19.1. The van der Waals surface area contributed by atoms with Gasteiger partial charge in [0, 0.05) is 13.1 Å². The second kappa shape index (κ2) is 8.18. The maximum absolute atomic E-state index is 14.1. The summed E-state index contributed by atoms with van der Waals surface area (Å²) in [5, 5.41) is 2.50. The van der Waals surface area contributed by atoms with Crippen LogP contribution in [0.2, 0.25) is 0 Å². The van der Waals surface area contributed by atoms with E-state index >= 15 is 0 Å². The quantitative estimate of drug-likeness (QED) is 0.907. The predicted octanol–water partition coefficient (Wildman–Crippen LogP) is 3.26. The van der Waals surface area contributed by atoms with Crippen LogP contribution in [-0.4, -0.2) is 48.0 Å². The van der Waals surface area contributed by atoms with Crippen molar-refractivity contribution in [1.82, 2.24) is 10.2 Å². The molecule has 1 aromatic carbocycles. The Balaban J connectivity index is 1.86. The lowest BCUT2D eigenvalue weighted by Crippen LogP contribution is -2.55. The summed E-state index contributed by atoms with van der Waals surface area (Å²) in [6.45, 7) is 5.64. The summed E-state index contributed by atoms with van der Waals surface area (Å²) in [7, 11) is 0. The van der Waals surface area contributed by atoms with Crippen LogP contribution >= 0.6 is 0 Å². The molecule has 0 unspecified atom stereocenters. The zero-order valence-corrected chi connectivity index (χ0v) is 14.8. The number of hydrogen-bond donors (Lipinski definition) is 1. The highest BCUT2D eigenvalue weighted by Gasteiger charge is 2.34. The molecule has 1 aliphatic heterocycles. The van der Waals surface area contributed by atoms with Gasteiger partial charge in [0.2, 0.25) is 0 Å². The Kier molecular flexibility index (Phi) is 6.22. The zero-order valence-electron chi connectivity index (χ0n) is 14.8. The number of halogens is 1. The van der Waals surface area contributed by atoms with Gasteiger partial charge in [0.15, 0.2) is 0 Å². The normalized spacial score (nSPS) is 20.7. The summed E-state index contributed by atoms with van der Waals surface area (Å²) in [4.78, 5) is 25.4. The van der Waals surface area contributed by atoms with Crippen LogP contribution in [0.5, 0.6) is 0 Å². The minimum atomic E-state index is -1.23. The molecular formula is C18H25FN2O4. The molecule has 0 radical (unpaired) electrons. The average Bonchev–Trinajstić information content (AvgIpc) is 2.54. The van der Waals surface area contributed by atoms with Gasteiger partial charge in [-0.15, -0.1) is 0 Å². The monoisotopic (exact) mass is 352 g/mol. The van der Waals surface area contributed by atoms with E-state index in [0.29, 0.717) is 0 Å². The lowest BCUT2D eigenvalue weighted by molar-refractivity contribution is 0.0353. The van der Waals surface area contributed by atoms with Crippen LogP contribution in [0, 0.1) is 0 Å².